The van der Waals surface area contributed by atoms with Gasteiger partial charge in [-0.15, -0.1) is 11.3 Å². The number of rotatable bonds is 5. The van der Waals surface area contributed by atoms with Crippen LogP contribution in [0.25, 0.3) is 0 Å². The Balaban J connectivity index is 2.16. The Labute approximate surface area is 120 Å². The van der Waals surface area contributed by atoms with Crippen LogP contribution in [-0.4, -0.2) is 23.5 Å². The highest BCUT2D eigenvalue weighted by molar-refractivity contribution is 9.10. The molecule has 3 nitrogen and oxygen atoms in total. The van der Waals surface area contributed by atoms with E-state index < -0.39 is 0 Å². The standard InChI is InChI=1S/C13H16BrN3S/c1-17(7-10-8-18-9-16-10)13(6-15)11-4-2-3-5-12(11)14/h2-5,8-9,13H,6-7,15H2,1H3. The predicted octanol–water partition coefficient (Wildman–Crippen LogP) is 3.04. The summed E-state index contributed by atoms with van der Waals surface area (Å²) in [5.41, 5.74) is 10.1. The highest BCUT2D eigenvalue weighted by Crippen LogP contribution is 2.27. The number of nitrogens with two attached hydrogens (primary N) is 1. The van der Waals surface area contributed by atoms with Crippen LogP contribution in [0.4, 0.5) is 0 Å². The number of thiazole rings is 1. The van der Waals surface area contributed by atoms with Crippen LogP contribution in [0.15, 0.2) is 39.6 Å². The van der Waals surface area contributed by atoms with Gasteiger partial charge in [0, 0.05) is 29.0 Å². The van der Waals surface area contributed by atoms with Crippen LogP contribution in [0.5, 0.6) is 0 Å². The summed E-state index contributed by atoms with van der Waals surface area (Å²) in [6.07, 6.45) is 0. The number of halogens is 1. The molecular weight excluding hydrogens is 310 g/mol. The van der Waals surface area contributed by atoms with Crippen LogP contribution in [-0.2, 0) is 6.54 Å². The summed E-state index contributed by atoms with van der Waals surface area (Å²) in [5, 5.41) is 2.07. The summed E-state index contributed by atoms with van der Waals surface area (Å²) in [4.78, 5) is 6.54. The molecule has 2 aromatic rings. The van der Waals surface area contributed by atoms with E-state index in [9.17, 15) is 0 Å². The number of likely N-dealkylation sites (N-methyl/N-ethyl adjacent to an activating group) is 1. The van der Waals surface area contributed by atoms with Gasteiger partial charge in [0.25, 0.3) is 0 Å². The summed E-state index contributed by atoms with van der Waals surface area (Å²) in [5.74, 6) is 0. The van der Waals surface area contributed by atoms with Crippen molar-refractivity contribution in [1.29, 1.82) is 0 Å². The van der Waals surface area contributed by atoms with Gasteiger partial charge in [0.1, 0.15) is 0 Å². The lowest BCUT2D eigenvalue weighted by Gasteiger charge is -2.27. The van der Waals surface area contributed by atoms with E-state index in [4.69, 9.17) is 5.73 Å². The van der Waals surface area contributed by atoms with Gasteiger partial charge in [0.15, 0.2) is 0 Å². The molecule has 0 saturated heterocycles. The molecular formula is C13H16BrN3S. The van der Waals surface area contributed by atoms with Crippen LogP contribution in [0.1, 0.15) is 17.3 Å². The maximum atomic E-state index is 5.92. The van der Waals surface area contributed by atoms with Gasteiger partial charge in [0.2, 0.25) is 0 Å². The van der Waals surface area contributed by atoms with Gasteiger partial charge in [-0.25, -0.2) is 4.98 Å². The second kappa shape index (κ2) is 6.43. The SMILES string of the molecule is CN(Cc1cscn1)C(CN)c1ccccc1Br. The lowest BCUT2D eigenvalue weighted by Crippen LogP contribution is -2.30. The molecule has 1 unspecified atom stereocenters. The van der Waals surface area contributed by atoms with E-state index in [1.165, 1.54) is 5.56 Å². The summed E-state index contributed by atoms with van der Waals surface area (Å²) >= 11 is 5.21. The third-order valence-corrected chi connectivity index (χ3v) is 4.27. The van der Waals surface area contributed by atoms with Crippen molar-refractivity contribution in [2.75, 3.05) is 13.6 Å². The van der Waals surface area contributed by atoms with Gasteiger partial charge >= 0.3 is 0 Å². The van der Waals surface area contributed by atoms with E-state index in [2.05, 4.69) is 50.4 Å². The normalized spacial score (nSPS) is 12.9. The number of benzene rings is 1. The van der Waals surface area contributed by atoms with Gasteiger partial charge in [-0.2, -0.15) is 0 Å². The Kier molecular flexibility index (Phi) is 4.88. The Morgan fingerprint density at radius 2 is 2.22 bits per heavy atom. The summed E-state index contributed by atoms with van der Waals surface area (Å²) < 4.78 is 1.10. The van der Waals surface area contributed by atoms with Crippen LogP contribution in [0.2, 0.25) is 0 Å². The molecule has 0 spiro atoms. The van der Waals surface area contributed by atoms with Gasteiger partial charge in [-0.1, -0.05) is 34.1 Å². The number of nitrogens with zero attached hydrogens (tertiary/aromatic N) is 2. The molecule has 1 heterocycles. The zero-order valence-corrected chi connectivity index (χ0v) is 12.6. The lowest BCUT2D eigenvalue weighted by atomic mass is 10.1. The first-order chi connectivity index (χ1) is 8.72. The summed E-state index contributed by atoms with van der Waals surface area (Å²) in [6.45, 7) is 1.40. The molecule has 0 saturated carbocycles. The maximum Gasteiger partial charge on any atom is 0.0795 e. The van der Waals surface area contributed by atoms with Crippen molar-refractivity contribution in [2.45, 2.75) is 12.6 Å². The van der Waals surface area contributed by atoms with Crippen LogP contribution < -0.4 is 5.73 Å². The topological polar surface area (TPSA) is 42.2 Å². The number of aromatic nitrogens is 1. The molecule has 2 rings (SSSR count). The average molecular weight is 326 g/mol. The monoisotopic (exact) mass is 325 g/mol. The number of hydrogen-bond acceptors (Lipinski definition) is 4. The first-order valence-electron chi connectivity index (χ1n) is 5.74. The van der Waals surface area contributed by atoms with E-state index in [1.807, 2.05) is 17.6 Å². The predicted molar refractivity (Wildman–Crippen MR) is 79.5 cm³/mol. The highest BCUT2D eigenvalue weighted by Gasteiger charge is 2.18. The van der Waals surface area contributed by atoms with Crippen molar-refractivity contribution in [3.63, 3.8) is 0 Å². The molecule has 0 fully saturated rings. The molecule has 2 N–H and O–H groups in total. The Morgan fingerprint density at radius 3 is 2.83 bits per heavy atom. The van der Waals surface area contributed by atoms with Gasteiger partial charge in [-0.3, -0.25) is 4.90 Å². The molecule has 1 aromatic heterocycles. The van der Waals surface area contributed by atoms with Gasteiger partial charge in [0.05, 0.1) is 11.2 Å². The summed E-state index contributed by atoms with van der Waals surface area (Å²) in [6, 6.07) is 8.41. The second-order valence-electron chi connectivity index (χ2n) is 4.17. The zero-order valence-electron chi connectivity index (χ0n) is 10.2. The minimum atomic E-state index is 0.197. The fourth-order valence-corrected chi connectivity index (χ4v) is 3.07. The van der Waals surface area contributed by atoms with Crippen LogP contribution in [0, 0.1) is 0 Å². The third-order valence-electron chi connectivity index (χ3n) is 2.91. The van der Waals surface area contributed by atoms with Crippen molar-refractivity contribution in [3.8, 4) is 0 Å². The second-order valence-corrected chi connectivity index (χ2v) is 5.74. The van der Waals surface area contributed by atoms with Gasteiger partial charge < -0.3 is 5.73 Å². The fourth-order valence-electron chi connectivity index (χ4n) is 1.97. The van der Waals surface area contributed by atoms with Crippen LogP contribution in [0.3, 0.4) is 0 Å². The molecule has 96 valence electrons. The third kappa shape index (κ3) is 3.17. The molecule has 0 amide bonds. The first kappa shape index (κ1) is 13.7. The quantitative estimate of drug-likeness (QED) is 0.918. The van der Waals surface area contributed by atoms with E-state index in [-0.39, 0.29) is 6.04 Å². The Bertz CT molecular complexity index is 487. The Hall–Kier alpha value is -0.750. The molecule has 1 atom stereocenters. The van der Waals surface area contributed by atoms with E-state index >= 15 is 0 Å². The van der Waals surface area contributed by atoms with Crippen molar-refractivity contribution in [2.24, 2.45) is 5.73 Å². The lowest BCUT2D eigenvalue weighted by molar-refractivity contribution is 0.239. The molecule has 1 aromatic carbocycles. The molecule has 0 aliphatic carbocycles. The van der Waals surface area contributed by atoms with Crippen molar-refractivity contribution < 1.29 is 0 Å². The smallest absolute Gasteiger partial charge is 0.0795 e. The molecule has 0 bridgehead atoms. The van der Waals surface area contributed by atoms with Crippen molar-refractivity contribution in [1.82, 2.24) is 9.88 Å². The van der Waals surface area contributed by atoms with Crippen LogP contribution >= 0.6 is 27.3 Å². The molecule has 0 radical (unpaired) electrons. The molecule has 18 heavy (non-hydrogen) atoms. The maximum absolute atomic E-state index is 5.92. The fraction of sp³-hybridized carbons (Fsp3) is 0.308. The van der Waals surface area contributed by atoms with E-state index in [0.29, 0.717) is 6.54 Å². The molecule has 5 heteroatoms. The molecule has 0 aliphatic rings. The number of hydrogen-bond donors (Lipinski definition) is 1. The average Bonchev–Trinajstić information content (AvgIpc) is 2.85. The highest BCUT2D eigenvalue weighted by atomic mass is 79.9. The van der Waals surface area contributed by atoms with Crippen molar-refractivity contribution in [3.05, 3.63) is 50.9 Å². The largest absolute Gasteiger partial charge is 0.329 e. The minimum absolute atomic E-state index is 0.197. The summed E-state index contributed by atoms with van der Waals surface area (Å²) in [7, 11) is 2.08. The Morgan fingerprint density at radius 1 is 1.44 bits per heavy atom. The van der Waals surface area contributed by atoms with E-state index in [1.54, 1.807) is 11.3 Å². The van der Waals surface area contributed by atoms with E-state index in [0.717, 1.165) is 16.7 Å². The molecule has 0 aliphatic heterocycles. The van der Waals surface area contributed by atoms with Crippen molar-refractivity contribution >= 4 is 27.3 Å². The van der Waals surface area contributed by atoms with Gasteiger partial charge in [-0.05, 0) is 18.7 Å². The minimum Gasteiger partial charge on any atom is -0.329 e. The first-order valence-corrected chi connectivity index (χ1v) is 7.47. The zero-order chi connectivity index (χ0) is 13.0.